The Morgan fingerprint density at radius 3 is 2.50 bits per heavy atom. The summed E-state index contributed by atoms with van der Waals surface area (Å²) in [5.74, 6) is 1.53. The van der Waals surface area contributed by atoms with Gasteiger partial charge in [0.2, 0.25) is 12.7 Å². The zero-order chi connectivity index (χ0) is 21.9. The van der Waals surface area contributed by atoms with Crippen LogP contribution in [-0.2, 0) is 11.3 Å². The van der Waals surface area contributed by atoms with Gasteiger partial charge in [-0.05, 0) is 61.6 Å². The summed E-state index contributed by atoms with van der Waals surface area (Å²) in [7, 11) is 0. The van der Waals surface area contributed by atoms with Gasteiger partial charge in [0.05, 0.1) is 11.3 Å². The molecule has 2 heterocycles. The fourth-order valence-corrected chi connectivity index (χ4v) is 4.29. The van der Waals surface area contributed by atoms with Crippen LogP contribution in [0.1, 0.15) is 54.4 Å². The molecule has 2 aromatic rings. The maximum Gasteiger partial charge on any atom is 0.253 e. The van der Waals surface area contributed by atoms with Gasteiger partial charge in [0.1, 0.15) is 0 Å². The molecular formula is C25H29N3O4. The Balaban J connectivity index is 1.34. The van der Waals surface area contributed by atoms with Gasteiger partial charge < -0.3 is 25.0 Å². The lowest BCUT2D eigenvalue weighted by molar-refractivity contribution is -0.117. The fraction of sp³-hybridized carbons (Fsp3) is 0.440. The van der Waals surface area contributed by atoms with E-state index >= 15 is 0 Å². The van der Waals surface area contributed by atoms with Crippen molar-refractivity contribution in [1.82, 2.24) is 5.32 Å². The normalized spacial score (nSPS) is 17.6. The number of hydrogen-bond acceptors (Lipinski definition) is 5. The van der Waals surface area contributed by atoms with Crippen LogP contribution in [0.5, 0.6) is 11.5 Å². The number of anilines is 2. The molecule has 32 heavy (non-hydrogen) atoms. The van der Waals surface area contributed by atoms with E-state index in [1.807, 2.05) is 36.4 Å². The van der Waals surface area contributed by atoms with Crippen LogP contribution in [0, 0.1) is 5.92 Å². The van der Waals surface area contributed by atoms with Gasteiger partial charge in [0.25, 0.3) is 5.91 Å². The summed E-state index contributed by atoms with van der Waals surface area (Å²) in [5.41, 5.74) is 3.24. The molecule has 0 atom stereocenters. The van der Waals surface area contributed by atoms with Crippen LogP contribution >= 0.6 is 0 Å². The van der Waals surface area contributed by atoms with E-state index in [0.29, 0.717) is 17.9 Å². The maximum atomic E-state index is 13.2. The quantitative estimate of drug-likeness (QED) is 0.715. The summed E-state index contributed by atoms with van der Waals surface area (Å²) in [6, 6.07) is 11.3. The number of carbonyl (C=O) groups excluding carboxylic acids is 2. The highest BCUT2D eigenvalue weighted by molar-refractivity contribution is 6.02. The van der Waals surface area contributed by atoms with Gasteiger partial charge >= 0.3 is 0 Å². The van der Waals surface area contributed by atoms with E-state index in [1.165, 1.54) is 12.8 Å². The van der Waals surface area contributed by atoms with Gasteiger partial charge in [0.15, 0.2) is 11.5 Å². The molecule has 0 spiro atoms. The molecule has 2 N–H and O–H groups in total. The van der Waals surface area contributed by atoms with Crippen molar-refractivity contribution in [2.45, 2.75) is 45.1 Å². The Morgan fingerprint density at radius 2 is 1.72 bits per heavy atom. The number of nitrogens with one attached hydrogen (secondary N) is 2. The van der Waals surface area contributed by atoms with E-state index < -0.39 is 0 Å². The van der Waals surface area contributed by atoms with Crippen LogP contribution in [0.2, 0.25) is 0 Å². The first-order valence-electron chi connectivity index (χ1n) is 11.5. The molecule has 168 valence electrons. The Labute approximate surface area is 188 Å². The van der Waals surface area contributed by atoms with Gasteiger partial charge in [-0.1, -0.05) is 18.9 Å². The molecule has 0 aromatic heterocycles. The van der Waals surface area contributed by atoms with Gasteiger partial charge in [-0.3, -0.25) is 9.59 Å². The van der Waals surface area contributed by atoms with Gasteiger partial charge in [-0.15, -0.1) is 0 Å². The third-order valence-corrected chi connectivity index (χ3v) is 6.29. The van der Waals surface area contributed by atoms with E-state index in [1.54, 1.807) is 0 Å². The van der Waals surface area contributed by atoms with Crippen molar-refractivity contribution in [1.29, 1.82) is 0 Å². The molecule has 2 aliphatic heterocycles. The number of nitrogens with zero attached hydrogens (tertiary/aromatic N) is 1. The highest BCUT2D eigenvalue weighted by atomic mass is 16.7. The topological polar surface area (TPSA) is 79.9 Å². The Bertz CT molecular complexity index is 1010. The lowest BCUT2D eigenvalue weighted by Crippen LogP contribution is -2.29. The predicted octanol–water partition coefficient (Wildman–Crippen LogP) is 4.07. The summed E-state index contributed by atoms with van der Waals surface area (Å²) in [6.07, 6.45) is 6.56. The molecule has 1 saturated heterocycles. The first-order valence-corrected chi connectivity index (χ1v) is 11.5. The van der Waals surface area contributed by atoms with Gasteiger partial charge in [-0.25, -0.2) is 0 Å². The van der Waals surface area contributed by atoms with Crippen molar-refractivity contribution < 1.29 is 19.1 Å². The second-order valence-corrected chi connectivity index (χ2v) is 8.77. The van der Waals surface area contributed by atoms with Crippen LogP contribution in [-0.4, -0.2) is 31.7 Å². The third kappa shape index (κ3) is 4.66. The first-order chi connectivity index (χ1) is 15.7. The molecule has 2 aromatic carbocycles. The minimum Gasteiger partial charge on any atom is -0.454 e. The van der Waals surface area contributed by atoms with Crippen molar-refractivity contribution in [3.05, 3.63) is 47.5 Å². The average molecular weight is 436 g/mol. The number of ether oxygens (including phenoxy) is 2. The summed E-state index contributed by atoms with van der Waals surface area (Å²) >= 11 is 0. The molecule has 7 heteroatoms. The molecule has 1 aliphatic carbocycles. The maximum absolute atomic E-state index is 13.2. The van der Waals surface area contributed by atoms with Crippen molar-refractivity contribution in [2.24, 2.45) is 5.92 Å². The van der Waals surface area contributed by atoms with Crippen molar-refractivity contribution in [3.63, 3.8) is 0 Å². The lowest BCUT2D eigenvalue weighted by Gasteiger charge is -2.26. The Kier molecular flexibility index (Phi) is 5.88. The minimum absolute atomic E-state index is 0.0758. The smallest absolute Gasteiger partial charge is 0.253 e. The molecular weight excluding hydrogens is 406 g/mol. The van der Waals surface area contributed by atoms with Gasteiger partial charge in [0, 0.05) is 31.2 Å². The number of carbonyl (C=O) groups is 2. The molecule has 0 radical (unpaired) electrons. The number of rotatable bonds is 6. The first kappa shape index (κ1) is 20.7. The second-order valence-electron chi connectivity index (χ2n) is 8.77. The zero-order valence-electron chi connectivity index (χ0n) is 18.2. The molecule has 0 unspecified atom stereocenters. The Morgan fingerprint density at radius 1 is 0.938 bits per heavy atom. The van der Waals surface area contributed by atoms with E-state index in [0.717, 1.165) is 61.5 Å². The van der Waals surface area contributed by atoms with E-state index in [2.05, 4.69) is 15.5 Å². The van der Waals surface area contributed by atoms with Crippen LogP contribution in [0.3, 0.4) is 0 Å². The molecule has 3 aliphatic rings. The minimum atomic E-state index is -0.123. The summed E-state index contributed by atoms with van der Waals surface area (Å²) in [5, 5.41) is 6.06. The van der Waals surface area contributed by atoms with Crippen molar-refractivity contribution >= 4 is 23.2 Å². The summed E-state index contributed by atoms with van der Waals surface area (Å²) < 4.78 is 10.8. The van der Waals surface area contributed by atoms with Crippen molar-refractivity contribution in [3.8, 4) is 11.5 Å². The standard InChI is InChI=1S/C25H29N3O4/c29-24(18-6-7-18)27-19-8-9-20(21(14-19)28-11-3-1-2-4-12-28)25(30)26-15-17-5-10-22-23(13-17)32-16-31-22/h5,8-10,13-14,18H,1-4,6-7,11-12,15-16H2,(H,26,30)(H,27,29). The number of amides is 2. The second kappa shape index (κ2) is 9.10. The molecule has 7 nitrogen and oxygen atoms in total. The molecule has 2 amide bonds. The third-order valence-electron chi connectivity index (χ3n) is 6.29. The monoisotopic (exact) mass is 435 g/mol. The fourth-order valence-electron chi connectivity index (χ4n) is 4.29. The van der Waals surface area contributed by atoms with Crippen molar-refractivity contribution in [2.75, 3.05) is 30.1 Å². The molecule has 5 rings (SSSR count). The summed E-state index contributed by atoms with van der Waals surface area (Å²) in [4.78, 5) is 27.7. The number of fused-ring (bicyclic) bond motifs is 1. The lowest BCUT2D eigenvalue weighted by atomic mass is 10.1. The van der Waals surface area contributed by atoms with Gasteiger partial charge in [-0.2, -0.15) is 0 Å². The molecule has 2 fully saturated rings. The number of hydrogen-bond donors (Lipinski definition) is 2. The molecule has 0 bridgehead atoms. The number of benzene rings is 2. The highest BCUT2D eigenvalue weighted by Crippen LogP contribution is 2.33. The summed E-state index contributed by atoms with van der Waals surface area (Å²) in [6.45, 7) is 2.47. The SMILES string of the molecule is O=C(NCc1ccc2c(c1)OCO2)c1ccc(NC(=O)C2CC2)cc1N1CCCCCC1. The highest BCUT2D eigenvalue weighted by Gasteiger charge is 2.30. The van der Waals surface area contributed by atoms with Crippen LogP contribution in [0.15, 0.2) is 36.4 Å². The van der Waals surface area contributed by atoms with Crippen LogP contribution in [0.4, 0.5) is 11.4 Å². The Hall–Kier alpha value is -3.22. The van der Waals surface area contributed by atoms with E-state index in [-0.39, 0.29) is 24.5 Å². The average Bonchev–Trinajstić information content (AvgIpc) is 3.60. The zero-order valence-corrected chi connectivity index (χ0v) is 18.2. The van der Waals surface area contributed by atoms with E-state index in [9.17, 15) is 9.59 Å². The van der Waals surface area contributed by atoms with Crippen LogP contribution in [0.25, 0.3) is 0 Å². The van der Waals surface area contributed by atoms with Crippen LogP contribution < -0.4 is 25.0 Å². The predicted molar refractivity (Wildman–Crippen MR) is 122 cm³/mol. The van der Waals surface area contributed by atoms with E-state index in [4.69, 9.17) is 9.47 Å². The molecule has 1 saturated carbocycles. The largest absolute Gasteiger partial charge is 0.454 e.